The van der Waals surface area contributed by atoms with E-state index < -0.39 is 5.97 Å². The second kappa shape index (κ2) is 7.65. The maximum Gasteiger partial charge on any atom is 0.339 e. The summed E-state index contributed by atoms with van der Waals surface area (Å²) in [7, 11) is 1.36. The molecular formula is C20H20N4O2. The second-order valence-electron chi connectivity index (χ2n) is 5.87. The molecule has 0 saturated heterocycles. The van der Waals surface area contributed by atoms with Crippen molar-refractivity contribution >= 4 is 29.1 Å². The van der Waals surface area contributed by atoms with Crippen LogP contribution in [0.1, 0.15) is 21.6 Å². The number of nitrogens with one attached hydrogen (secondary N) is 2. The molecule has 6 nitrogen and oxygen atoms in total. The number of anilines is 4. The van der Waals surface area contributed by atoms with Crippen LogP contribution in [0.4, 0.5) is 23.1 Å². The maximum absolute atomic E-state index is 11.9. The van der Waals surface area contributed by atoms with Crippen molar-refractivity contribution in [3.63, 3.8) is 0 Å². The summed E-state index contributed by atoms with van der Waals surface area (Å²) in [4.78, 5) is 20.8. The first-order chi connectivity index (χ1) is 12.5. The van der Waals surface area contributed by atoms with Crippen LogP contribution in [0.15, 0.2) is 54.6 Å². The summed E-state index contributed by atoms with van der Waals surface area (Å²) in [6.45, 7) is 3.92. The third kappa shape index (κ3) is 4.16. The number of nitrogens with zero attached hydrogens (tertiary/aromatic N) is 2. The predicted octanol–water partition coefficient (Wildman–Crippen LogP) is 4.37. The summed E-state index contributed by atoms with van der Waals surface area (Å²) in [6, 6.07) is 16.9. The molecule has 2 aromatic carbocycles. The molecule has 3 aromatic rings. The number of hydrogen-bond acceptors (Lipinski definition) is 6. The molecule has 0 atom stereocenters. The Balaban J connectivity index is 1.88. The fraction of sp³-hybridized carbons (Fsp3) is 0.150. The highest BCUT2D eigenvalue weighted by Gasteiger charge is 2.12. The zero-order valence-electron chi connectivity index (χ0n) is 14.9. The van der Waals surface area contributed by atoms with Gasteiger partial charge in [0.25, 0.3) is 0 Å². The van der Waals surface area contributed by atoms with Gasteiger partial charge in [-0.25, -0.2) is 9.78 Å². The van der Waals surface area contributed by atoms with Gasteiger partial charge in [0.15, 0.2) is 0 Å². The van der Waals surface area contributed by atoms with E-state index in [0.717, 1.165) is 16.9 Å². The van der Waals surface area contributed by atoms with E-state index in [1.807, 2.05) is 50.2 Å². The van der Waals surface area contributed by atoms with Gasteiger partial charge in [0.1, 0.15) is 5.82 Å². The van der Waals surface area contributed by atoms with Gasteiger partial charge >= 0.3 is 5.97 Å². The van der Waals surface area contributed by atoms with Gasteiger partial charge in [-0.05, 0) is 43.7 Å². The zero-order chi connectivity index (χ0) is 18.5. The quantitative estimate of drug-likeness (QED) is 0.667. The minimum Gasteiger partial charge on any atom is -0.465 e. The molecular weight excluding hydrogens is 328 g/mol. The standard InChI is InChI=1S/C20H20N4O2/c1-13-7-6-8-15(11-13)22-20-21-14(2)12-18(24-20)23-17-10-5-4-9-16(17)19(25)26-3/h4-12H,1-3H3,(H2,21,22,23,24). The minimum atomic E-state index is -0.406. The summed E-state index contributed by atoms with van der Waals surface area (Å²) < 4.78 is 4.83. The lowest BCUT2D eigenvalue weighted by molar-refractivity contribution is 0.0602. The van der Waals surface area contributed by atoms with Crippen molar-refractivity contribution in [3.05, 3.63) is 71.4 Å². The van der Waals surface area contributed by atoms with Crippen LogP contribution in [0, 0.1) is 13.8 Å². The van der Waals surface area contributed by atoms with Gasteiger partial charge in [0, 0.05) is 17.4 Å². The molecule has 0 saturated carbocycles. The molecule has 0 fully saturated rings. The first-order valence-electron chi connectivity index (χ1n) is 8.19. The Morgan fingerprint density at radius 1 is 0.962 bits per heavy atom. The van der Waals surface area contributed by atoms with Gasteiger partial charge in [-0.1, -0.05) is 24.3 Å². The number of aromatic nitrogens is 2. The lowest BCUT2D eigenvalue weighted by Crippen LogP contribution is -2.07. The third-order valence-corrected chi connectivity index (χ3v) is 3.72. The van der Waals surface area contributed by atoms with Gasteiger partial charge in [0.2, 0.25) is 5.95 Å². The van der Waals surface area contributed by atoms with Crippen molar-refractivity contribution in [1.82, 2.24) is 9.97 Å². The lowest BCUT2D eigenvalue weighted by atomic mass is 10.2. The van der Waals surface area contributed by atoms with Crippen molar-refractivity contribution in [2.24, 2.45) is 0 Å². The zero-order valence-corrected chi connectivity index (χ0v) is 14.9. The van der Waals surface area contributed by atoms with Gasteiger partial charge in [-0.3, -0.25) is 0 Å². The maximum atomic E-state index is 11.9. The first kappa shape index (κ1) is 17.4. The van der Waals surface area contributed by atoms with E-state index in [2.05, 4.69) is 20.6 Å². The number of para-hydroxylation sites is 1. The topological polar surface area (TPSA) is 76.1 Å². The highest BCUT2D eigenvalue weighted by molar-refractivity contribution is 5.96. The molecule has 2 N–H and O–H groups in total. The Bertz CT molecular complexity index is 941. The average molecular weight is 348 g/mol. The van der Waals surface area contributed by atoms with Crippen molar-refractivity contribution in [2.75, 3.05) is 17.7 Å². The summed E-state index contributed by atoms with van der Waals surface area (Å²) in [6.07, 6.45) is 0. The first-order valence-corrected chi connectivity index (χ1v) is 8.19. The van der Waals surface area contributed by atoms with E-state index in [0.29, 0.717) is 23.0 Å². The molecule has 0 radical (unpaired) electrons. The van der Waals surface area contributed by atoms with Gasteiger partial charge in [-0.2, -0.15) is 4.98 Å². The largest absolute Gasteiger partial charge is 0.465 e. The van der Waals surface area contributed by atoms with Crippen molar-refractivity contribution < 1.29 is 9.53 Å². The van der Waals surface area contributed by atoms with Crippen LogP contribution in [0.5, 0.6) is 0 Å². The van der Waals surface area contributed by atoms with Crippen molar-refractivity contribution in [1.29, 1.82) is 0 Å². The molecule has 26 heavy (non-hydrogen) atoms. The Kier molecular flexibility index (Phi) is 5.12. The summed E-state index contributed by atoms with van der Waals surface area (Å²) in [5.41, 5.74) is 3.93. The van der Waals surface area contributed by atoms with Crippen molar-refractivity contribution in [2.45, 2.75) is 13.8 Å². The molecule has 0 unspecified atom stereocenters. The number of ether oxygens (including phenoxy) is 1. The second-order valence-corrected chi connectivity index (χ2v) is 5.87. The smallest absolute Gasteiger partial charge is 0.339 e. The Morgan fingerprint density at radius 2 is 1.77 bits per heavy atom. The van der Waals surface area contributed by atoms with E-state index in [-0.39, 0.29) is 0 Å². The van der Waals surface area contributed by atoms with E-state index >= 15 is 0 Å². The van der Waals surface area contributed by atoms with Crippen LogP contribution < -0.4 is 10.6 Å². The summed E-state index contributed by atoms with van der Waals surface area (Å²) in [5, 5.41) is 6.38. The van der Waals surface area contributed by atoms with E-state index in [4.69, 9.17) is 4.74 Å². The van der Waals surface area contributed by atoms with Crippen molar-refractivity contribution in [3.8, 4) is 0 Å². The minimum absolute atomic E-state index is 0.406. The molecule has 1 aromatic heterocycles. The SMILES string of the molecule is COC(=O)c1ccccc1Nc1cc(C)nc(Nc2cccc(C)c2)n1. The highest BCUT2D eigenvalue weighted by Crippen LogP contribution is 2.22. The number of hydrogen-bond donors (Lipinski definition) is 2. The van der Waals surface area contributed by atoms with Crippen LogP contribution in [-0.2, 0) is 4.74 Å². The Hall–Kier alpha value is -3.41. The number of methoxy groups -OCH3 is 1. The molecule has 0 aliphatic carbocycles. The molecule has 6 heteroatoms. The van der Waals surface area contributed by atoms with E-state index in [9.17, 15) is 4.79 Å². The fourth-order valence-electron chi connectivity index (χ4n) is 2.56. The number of benzene rings is 2. The molecule has 0 aliphatic rings. The molecule has 0 spiro atoms. The van der Waals surface area contributed by atoms with Crippen LogP contribution in [0.25, 0.3) is 0 Å². The number of rotatable bonds is 5. The van der Waals surface area contributed by atoms with Gasteiger partial charge in [-0.15, -0.1) is 0 Å². The van der Waals surface area contributed by atoms with E-state index in [1.165, 1.54) is 7.11 Å². The molecule has 0 amide bonds. The monoisotopic (exact) mass is 348 g/mol. The number of aryl methyl sites for hydroxylation is 2. The number of carbonyl (C=O) groups is 1. The van der Waals surface area contributed by atoms with Crippen LogP contribution in [0.2, 0.25) is 0 Å². The Morgan fingerprint density at radius 3 is 2.54 bits per heavy atom. The molecule has 0 aliphatic heterocycles. The van der Waals surface area contributed by atoms with Crippen LogP contribution in [-0.4, -0.2) is 23.0 Å². The number of carbonyl (C=O) groups excluding carboxylic acids is 1. The average Bonchev–Trinajstić information content (AvgIpc) is 2.61. The van der Waals surface area contributed by atoms with Crippen LogP contribution in [0.3, 0.4) is 0 Å². The summed E-state index contributed by atoms with van der Waals surface area (Å²) >= 11 is 0. The normalized spacial score (nSPS) is 10.3. The third-order valence-electron chi connectivity index (χ3n) is 3.72. The lowest BCUT2D eigenvalue weighted by Gasteiger charge is -2.12. The molecule has 132 valence electrons. The molecule has 1 heterocycles. The predicted molar refractivity (Wildman–Crippen MR) is 102 cm³/mol. The molecule has 3 rings (SSSR count). The fourth-order valence-corrected chi connectivity index (χ4v) is 2.56. The van der Waals surface area contributed by atoms with Gasteiger partial charge in [0.05, 0.1) is 18.4 Å². The van der Waals surface area contributed by atoms with Crippen LogP contribution >= 0.6 is 0 Å². The summed E-state index contributed by atoms with van der Waals surface area (Å²) in [5.74, 6) is 0.662. The van der Waals surface area contributed by atoms with Gasteiger partial charge < -0.3 is 15.4 Å². The van der Waals surface area contributed by atoms with E-state index in [1.54, 1.807) is 18.2 Å². The molecule has 0 bridgehead atoms. The Labute approximate surface area is 152 Å². The number of esters is 1. The highest BCUT2D eigenvalue weighted by atomic mass is 16.5.